The molecule has 2 fully saturated rings. The van der Waals surface area contributed by atoms with Crippen molar-refractivity contribution in [2.24, 2.45) is 4.99 Å². The Morgan fingerprint density at radius 1 is 1.43 bits per heavy atom. The number of thiazole rings is 1. The summed E-state index contributed by atoms with van der Waals surface area (Å²) in [4.78, 5) is 10.4. The fraction of sp³-hybridized carbons (Fsp3) is 0.733. The van der Waals surface area contributed by atoms with Crippen LogP contribution in [-0.2, 0) is 11.3 Å². The molecule has 0 aromatic carbocycles. The number of rotatable bonds is 4. The fourth-order valence-corrected chi connectivity index (χ4v) is 4.02. The highest BCUT2D eigenvalue weighted by atomic mass is 32.1. The second kappa shape index (κ2) is 6.32. The lowest BCUT2D eigenvalue weighted by Gasteiger charge is -2.22. The number of aliphatic imine (C=N–C) groups is 1. The van der Waals surface area contributed by atoms with E-state index >= 15 is 0 Å². The number of hydrogen-bond acceptors (Lipinski definition) is 4. The van der Waals surface area contributed by atoms with Crippen molar-refractivity contribution in [3.63, 3.8) is 0 Å². The van der Waals surface area contributed by atoms with Crippen LogP contribution >= 0.6 is 11.3 Å². The molecule has 2 N–H and O–H groups in total. The first-order chi connectivity index (χ1) is 10.2. The second-order valence-electron chi connectivity index (χ2n) is 5.80. The molecule has 1 aromatic rings. The number of ether oxygens (including phenoxy) is 1. The molecule has 2 saturated heterocycles. The molecule has 0 spiro atoms. The molecule has 116 valence electrons. The summed E-state index contributed by atoms with van der Waals surface area (Å²) < 4.78 is 5.90. The quantitative estimate of drug-likeness (QED) is 0.661. The first kappa shape index (κ1) is 14.8. The molecule has 0 amide bonds. The molecule has 3 unspecified atom stereocenters. The lowest BCUT2D eigenvalue weighted by atomic mass is 9.96. The van der Waals surface area contributed by atoms with Gasteiger partial charge in [0.1, 0.15) is 0 Å². The van der Waals surface area contributed by atoms with Crippen molar-refractivity contribution >= 4 is 17.3 Å². The van der Waals surface area contributed by atoms with Gasteiger partial charge in [-0.1, -0.05) is 0 Å². The van der Waals surface area contributed by atoms with Crippen molar-refractivity contribution in [3.8, 4) is 0 Å². The molecule has 1 aromatic heterocycles. The van der Waals surface area contributed by atoms with Crippen molar-refractivity contribution in [2.45, 2.75) is 64.8 Å². The predicted molar refractivity (Wildman–Crippen MR) is 85.8 cm³/mol. The summed E-state index contributed by atoms with van der Waals surface area (Å²) in [5.74, 6) is 0.893. The molecule has 0 saturated carbocycles. The van der Waals surface area contributed by atoms with Gasteiger partial charge in [0.2, 0.25) is 0 Å². The molecular weight excluding hydrogens is 284 g/mol. The highest BCUT2D eigenvalue weighted by Crippen LogP contribution is 2.34. The summed E-state index contributed by atoms with van der Waals surface area (Å²) in [6.45, 7) is 7.75. The zero-order chi connectivity index (χ0) is 14.8. The second-order valence-corrected chi connectivity index (χ2v) is 7.08. The maximum absolute atomic E-state index is 5.90. The molecule has 21 heavy (non-hydrogen) atoms. The molecule has 3 atom stereocenters. The van der Waals surface area contributed by atoms with E-state index in [0.29, 0.717) is 24.8 Å². The standard InChI is InChI=1S/C15H24N4OS/c1-4-16-15(17-8-14-9(2)18-10(3)21-14)19-12-7-11-5-6-13(12)20-11/h11-13H,4-8H2,1-3H3,(H2,16,17,19). The fourth-order valence-electron chi connectivity index (χ4n) is 3.16. The zero-order valence-corrected chi connectivity index (χ0v) is 13.8. The molecule has 0 aliphatic carbocycles. The molecular formula is C15H24N4OS. The highest BCUT2D eigenvalue weighted by Gasteiger charge is 2.41. The third-order valence-corrected chi connectivity index (χ3v) is 5.21. The van der Waals surface area contributed by atoms with Crippen LogP contribution < -0.4 is 10.6 Å². The Bertz CT molecular complexity index is 528. The van der Waals surface area contributed by atoms with Gasteiger partial charge in [0.15, 0.2) is 5.96 Å². The molecule has 2 aliphatic rings. The molecule has 5 nitrogen and oxygen atoms in total. The van der Waals surface area contributed by atoms with Gasteiger partial charge in [-0.05, 0) is 40.0 Å². The van der Waals surface area contributed by atoms with Crippen molar-refractivity contribution in [2.75, 3.05) is 6.54 Å². The predicted octanol–water partition coefficient (Wildman–Crippen LogP) is 2.13. The van der Waals surface area contributed by atoms with Gasteiger partial charge in [-0.25, -0.2) is 9.98 Å². The van der Waals surface area contributed by atoms with Crippen molar-refractivity contribution < 1.29 is 4.74 Å². The van der Waals surface area contributed by atoms with E-state index in [2.05, 4.69) is 29.5 Å². The molecule has 0 radical (unpaired) electrons. The minimum absolute atomic E-state index is 0.367. The smallest absolute Gasteiger partial charge is 0.191 e. The average molecular weight is 308 g/mol. The lowest BCUT2D eigenvalue weighted by Crippen LogP contribution is -2.47. The number of guanidine groups is 1. The normalized spacial score (nSPS) is 28.1. The first-order valence-electron chi connectivity index (χ1n) is 7.79. The SMILES string of the molecule is CCNC(=NCc1sc(C)nc1C)NC1CC2CCC1O2. The van der Waals surface area contributed by atoms with E-state index in [1.807, 2.05) is 6.92 Å². The summed E-state index contributed by atoms with van der Waals surface area (Å²) in [5.41, 5.74) is 1.10. The number of hydrogen-bond donors (Lipinski definition) is 2. The number of aryl methyl sites for hydroxylation is 2. The topological polar surface area (TPSA) is 58.5 Å². The van der Waals surface area contributed by atoms with E-state index in [4.69, 9.17) is 9.73 Å². The number of nitrogens with zero attached hydrogens (tertiary/aromatic N) is 2. The van der Waals surface area contributed by atoms with Crippen LogP contribution in [0.3, 0.4) is 0 Å². The van der Waals surface area contributed by atoms with Gasteiger partial charge >= 0.3 is 0 Å². The lowest BCUT2D eigenvalue weighted by molar-refractivity contribution is 0.0992. The van der Waals surface area contributed by atoms with Gasteiger partial charge in [0.05, 0.1) is 35.5 Å². The monoisotopic (exact) mass is 308 g/mol. The number of fused-ring (bicyclic) bond motifs is 2. The molecule has 6 heteroatoms. The molecule has 3 rings (SSSR count). The maximum atomic E-state index is 5.90. The van der Waals surface area contributed by atoms with Crippen molar-refractivity contribution in [3.05, 3.63) is 15.6 Å². The van der Waals surface area contributed by atoms with Crippen LogP contribution in [0.4, 0.5) is 0 Å². The van der Waals surface area contributed by atoms with Crippen LogP contribution in [0.5, 0.6) is 0 Å². The molecule has 2 bridgehead atoms. The Labute approximate surface area is 130 Å². The summed E-state index contributed by atoms with van der Waals surface area (Å²) in [7, 11) is 0. The Hall–Kier alpha value is -1.14. The van der Waals surface area contributed by atoms with Gasteiger partial charge in [-0.3, -0.25) is 0 Å². The van der Waals surface area contributed by atoms with Crippen LogP contribution in [0.2, 0.25) is 0 Å². The maximum Gasteiger partial charge on any atom is 0.191 e. The average Bonchev–Trinajstić information content (AvgIpc) is 3.12. The third kappa shape index (κ3) is 3.37. The van der Waals surface area contributed by atoms with E-state index in [9.17, 15) is 0 Å². The van der Waals surface area contributed by atoms with Crippen molar-refractivity contribution in [1.29, 1.82) is 0 Å². The highest BCUT2D eigenvalue weighted by molar-refractivity contribution is 7.11. The third-order valence-electron chi connectivity index (χ3n) is 4.15. The minimum atomic E-state index is 0.367. The van der Waals surface area contributed by atoms with Crippen molar-refractivity contribution in [1.82, 2.24) is 15.6 Å². The zero-order valence-electron chi connectivity index (χ0n) is 13.0. The van der Waals surface area contributed by atoms with Gasteiger partial charge in [0, 0.05) is 11.4 Å². The molecule has 2 aliphatic heterocycles. The van der Waals surface area contributed by atoms with E-state index in [0.717, 1.165) is 29.6 Å². The van der Waals surface area contributed by atoms with E-state index in [-0.39, 0.29) is 0 Å². The number of nitrogens with one attached hydrogen (secondary N) is 2. The Balaban J connectivity index is 1.63. The first-order valence-corrected chi connectivity index (χ1v) is 8.60. The summed E-state index contributed by atoms with van der Waals surface area (Å²) in [6.07, 6.45) is 4.33. The van der Waals surface area contributed by atoms with Gasteiger partial charge in [0.25, 0.3) is 0 Å². The van der Waals surface area contributed by atoms with E-state index in [1.165, 1.54) is 17.7 Å². The Kier molecular flexibility index (Phi) is 4.45. The van der Waals surface area contributed by atoms with Crippen LogP contribution in [0.25, 0.3) is 0 Å². The van der Waals surface area contributed by atoms with Gasteiger partial charge in [-0.15, -0.1) is 11.3 Å². The summed E-state index contributed by atoms with van der Waals surface area (Å²) in [5, 5.41) is 7.98. The number of aromatic nitrogens is 1. The van der Waals surface area contributed by atoms with Crippen LogP contribution in [0, 0.1) is 13.8 Å². The van der Waals surface area contributed by atoms with E-state index < -0.39 is 0 Å². The Morgan fingerprint density at radius 3 is 2.86 bits per heavy atom. The van der Waals surface area contributed by atoms with E-state index in [1.54, 1.807) is 11.3 Å². The summed E-state index contributed by atoms with van der Waals surface area (Å²) >= 11 is 1.73. The molecule has 3 heterocycles. The van der Waals surface area contributed by atoms with Gasteiger partial charge in [-0.2, -0.15) is 0 Å². The van der Waals surface area contributed by atoms with Crippen LogP contribution in [0.1, 0.15) is 41.8 Å². The van der Waals surface area contributed by atoms with Gasteiger partial charge < -0.3 is 15.4 Å². The Morgan fingerprint density at radius 2 is 2.29 bits per heavy atom. The minimum Gasteiger partial charge on any atom is -0.373 e. The van der Waals surface area contributed by atoms with Crippen LogP contribution in [-0.4, -0.2) is 35.7 Å². The van der Waals surface area contributed by atoms with Crippen LogP contribution in [0.15, 0.2) is 4.99 Å². The largest absolute Gasteiger partial charge is 0.373 e. The summed E-state index contributed by atoms with van der Waals surface area (Å²) in [6, 6.07) is 0.408.